The van der Waals surface area contributed by atoms with Gasteiger partial charge in [-0.1, -0.05) is 17.7 Å². The van der Waals surface area contributed by atoms with Crippen LogP contribution in [0.2, 0.25) is 5.02 Å². The minimum atomic E-state index is -0.415. The highest BCUT2D eigenvalue weighted by molar-refractivity contribution is 7.07. The number of carbonyl (C=O) groups is 1. The fraction of sp³-hybridized carbons (Fsp3) is 0.353. The average Bonchev–Trinajstić information content (AvgIpc) is 3.04. The van der Waals surface area contributed by atoms with Crippen molar-refractivity contribution in [3.05, 3.63) is 57.0 Å². The maximum absolute atomic E-state index is 13.8. The molecule has 6 heteroatoms. The Balaban J connectivity index is 1.54. The van der Waals surface area contributed by atoms with Gasteiger partial charge in [0.1, 0.15) is 5.82 Å². The molecule has 0 bridgehead atoms. The van der Waals surface area contributed by atoms with E-state index in [4.69, 9.17) is 11.6 Å². The summed E-state index contributed by atoms with van der Waals surface area (Å²) >= 11 is 7.70. The van der Waals surface area contributed by atoms with Gasteiger partial charge in [0.25, 0.3) is 0 Å². The molecule has 122 valence electrons. The first-order valence-electron chi connectivity index (χ1n) is 7.57. The Morgan fingerprint density at radius 1 is 1.22 bits per heavy atom. The zero-order chi connectivity index (χ0) is 16.2. The Kier molecular flexibility index (Phi) is 5.30. The van der Waals surface area contributed by atoms with E-state index in [0.717, 1.165) is 19.6 Å². The van der Waals surface area contributed by atoms with E-state index in [1.54, 1.807) is 28.4 Å². The summed E-state index contributed by atoms with van der Waals surface area (Å²) in [6.45, 7) is 3.95. The first kappa shape index (κ1) is 16.4. The summed E-state index contributed by atoms with van der Waals surface area (Å²) in [7, 11) is 0. The van der Waals surface area contributed by atoms with Gasteiger partial charge in [-0.15, -0.1) is 0 Å². The summed E-state index contributed by atoms with van der Waals surface area (Å²) in [6, 6.07) is 6.64. The highest BCUT2D eigenvalue weighted by Crippen LogP contribution is 2.20. The van der Waals surface area contributed by atoms with Crippen LogP contribution in [0.5, 0.6) is 0 Å². The van der Waals surface area contributed by atoms with Gasteiger partial charge in [0, 0.05) is 43.3 Å². The summed E-state index contributed by atoms with van der Waals surface area (Å²) in [5, 5.41) is 4.54. The molecule has 1 aromatic carbocycles. The van der Waals surface area contributed by atoms with Gasteiger partial charge in [-0.25, -0.2) is 4.39 Å². The maximum Gasteiger partial charge on any atom is 0.227 e. The van der Waals surface area contributed by atoms with E-state index in [1.807, 2.05) is 0 Å². The summed E-state index contributed by atoms with van der Waals surface area (Å²) in [5.41, 5.74) is 1.60. The minimum absolute atomic E-state index is 0.0238. The molecule has 0 N–H and O–H groups in total. The first-order chi connectivity index (χ1) is 11.1. The minimum Gasteiger partial charge on any atom is -0.340 e. The number of nitrogens with zero attached hydrogens (tertiary/aromatic N) is 2. The second-order valence-electron chi connectivity index (χ2n) is 5.67. The highest BCUT2D eigenvalue weighted by atomic mass is 35.5. The van der Waals surface area contributed by atoms with Crippen molar-refractivity contribution in [1.29, 1.82) is 0 Å². The van der Waals surface area contributed by atoms with Crippen molar-refractivity contribution in [3.63, 3.8) is 0 Å². The standard InChI is InChI=1S/C17H18ClFN2OS/c18-15-2-1-3-16(19)14(15)10-17(22)21-7-5-20(6-8-21)11-13-4-9-23-12-13/h1-4,9,12H,5-8,10-11H2. The Morgan fingerprint density at radius 2 is 2.00 bits per heavy atom. The summed E-state index contributed by atoms with van der Waals surface area (Å²) in [5.74, 6) is -0.478. The molecule has 1 aromatic heterocycles. The van der Waals surface area contributed by atoms with E-state index in [9.17, 15) is 9.18 Å². The van der Waals surface area contributed by atoms with Gasteiger partial charge in [-0.2, -0.15) is 11.3 Å². The predicted molar refractivity (Wildman–Crippen MR) is 91.3 cm³/mol. The van der Waals surface area contributed by atoms with Crippen LogP contribution in [0.1, 0.15) is 11.1 Å². The third-order valence-corrected chi connectivity index (χ3v) is 5.19. The van der Waals surface area contributed by atoms with Crippen LogP contribution in [0.15, 0.2) is 35.0 Å². The monoisotopic (exact) mass is 352 g/mol. The van der Waals surface area contributed by atoms with Crippen LogP contribution in [-0.2, 0) is 17.8 Å². The van der Waals surface area contributed by atoms with Gasteiger partial charge >= 0.3 is 0 Å². The lowest BCUT2D eigenvalue weighted by Crippen LogP contribution is -2.48. The van der Waals surface area contributed by atoms with E-state index < -0.39 is 5.82 Å². The molecule has 2 heterocycles. The molecule has 0 unspecified atom stereocenters. The lowest BCUT2D eigenvalue weighted by atomic mass is 10.1. The topological polar surface area (TPSA) is 23.6 Å². The number of benzene rings is 1. The number of rotatable bonds is 4. The van der Waals surface area contributed by atoms with Crippen molar-refractivity contribution < 1.29 is 9.18 Å². The van der Waals surface area contributed by atoms with Crippen LogP contribution in [0.3, 0.4) is 0 Å². The van der Waals surface area contributed by atoms with E-state index in [-0.39, 0.29) is 12.3 Å². The second kappa shape index (κ2) is 7.43. The van der Waals surface area contributed by atoms with Crippen molar-refractivity contribution >= 4 is 28.8 Å². The zero-order valence-corrected chi connectivity index (χ0v) is 14.2. The number of amides is 1. The number of carbonyl (C=O) groups excluding carboxylic acids is 1. The molecule has 2 aromatic rings. The Hall–Kier alpha value is -1.43. The van der Waals surface area contributed by atoms with Crippen LogP contribution in [-0.4, -0.2) is 41.9 Å². The quantitative estimate of drug-likeness (QED) is 0.841. The van der Waals surface area contributed by atoms with E-state index >= 15 is 0 Å². The van der Waals surface area contributed by atoms with Gasteiger partial charge < -0.3 is 4.90 Å². The van der Waals surface area contributed by atoms with Crippen LogP contribution in [0.4, 0.5) is 4.39 Å². The van der Waals surface area contributed by atoms with E-state index in [1.165, 1.54) is 11.6 Å². The molecule has 0 aliphatic carbocycles. The lowest BCUT2D eigenvalue weighted by Gasteiger charge is -2.34. The van der Waals surface area contributed by atoms with Crippen molar-refractivity contribution in [2.75, 3.05) is 26.2 Å². The number of thiophene rings is 1. The number of hydrogen-bond donors (Lipinski definition) is 0. The Labute approximate surface area is 144 Å². The molecule has 0 spiro atoms. The Bertz CT molecular complexity index is 649. The largest absolute Gasteiger partial charge is 0.340 e. The summed E-state index contributed by atoms with van der Waals surface area (Å²) in [6.07, 6.45) is 0.0238. The van der Waals surface area contributed by atoms with E-state index in [2.05, 4.69) is 21.7 Å². The second-order valence-corrected chi connectivity index (χ2v) is 6.85. The Morgan fingerprint density at radius 3 is 2.65 bits per heavy atom. The molecule has 1 fully saturated rings. The van der Waals surface area contributed by atoms with E-state index in [0.29, 0.717) is 23.7 Å². The molecule has 0 atom stereocenters. The van der Waals surface area contributed by atoms with Crippen LogP contribution in [0, 0.1) is 5.82 Å². The van der Waals surface area contributed by atoms with Gasteiger partial charge in [0.2, 0.25) is 5.91 Å². The average molecular weight is 353 g/mol. The molecular formula is C17H18ClFN2OS. The van der Waals surface area contributed by atoms with Gasteiger partial charge in [-0.05, 0) is 34.5 Å². The first-order valence-corrected chi connectivity index (χ1v) is 8.89. The molecule has 0 radical (unpaired) electrons. The van der Waals surface area contributed by atoms with Crippen molar-refractivity contribution in [2.45, 2.75) is 13.0 Å². The zero-order valence-electron chi connectivity index (χ0n) is 12.7. The van der Waals surface area contributed by atoms with Crippen molar-refractivity contribution in [2.24, 2.45) is 0 Å². The van der Waals surface area contributed by atoms with Crippen LogP contribution < -0.4 is 0 Å². The normalized spacial score (nSPS) is 15.8. The molecule has 23 heavy (non-hydrogen) atoms. The van der Waals surface area contributed by atoms with Gasteiger partial charge in [0.15, 0.2) is 0 Å². The molecule has 1 saturated heterocycles. The lowest BCUT2D eigenvalue weighted by molar-refractivity contribution is -0.132. The van der Waals surface area contributed by atoms with Crippen molar-refractivity contribution in [3.8, 4) is 0 Å². The molecule has 3 rings (SSSR count). The van der Waals surface area contributed by atoms with Crippen molar-refractivity contribution in [1.82, 2.24) is 9.80 Å². The summed E-state index contributed by atoms with van der Waals surface area (Å²) < 4.78 is 13.8. The number of halogens is 2. The van der Waals surface area contributed by atoms with Crippen LogP contribution in [0.25, 0.3) is 0 Å². The molecular weight excluding hydrogens is 335 g/mol. The number of hydrogen-bond acceptors (Lipinski definition) is 3. The highest BCUT2D eigenvalue weighted by Gasteiger charge is 2.22. The number of piperazine rings is 1. The third kappa shape index (κ3) is 4.10. The van der Waals surface area contributed by atoms with Crippen LogP contribution >= 0.6 is 22.9 Å². The van der Waals surface area contributed by atoms with Gasteiger partial charge in [0.05, 0.1) is 6.42 Å². The SMILES string of the molecule is O=C(Cc1c(F)cccc1Cl)N1CCN(Cc2ccsc2)CC1. The smallest absolute Gasteiger partial charge is 0.227 e. The third-order valence-electron chi connectivity index (χ3n) is 4.10. The molecule has 1 aliphatic rings. The maximum atomic E-state index is 13.8. The fourth-order valence-electron chi connectivity index (χ4n) is 2.76. The molecule has 3 nitrogen and oxygen atoms in total. The summed E-state index contributed by atoms with van der Waals surface area (Å²) in [4.78, 5) is 16.5. The van der Waals surface area contributed by atoms with Gasteiger partial charge in [-0.3, -0.25) is 9.69 Å². The molecule has 1 aliphatic heterocycles. The molecule has 1 amide bonds. The predicted octanol–water partition coefficient (Wildman–Crippen LogP) is 3.43. The molecule has 0 saturated carbocycles. The fourth-order valence-corrected chi connectivity index (χ4v) is 3.65.